The molecule has 2 N–H and O–H groups in total. The summed E-state index contributed by atoms with van der Waals surface area (Å²) in [5.74, 6) is 0.497. The van der Waals surface area contributed by atoms with Crippen molar-refractivity contribution in [3.8, 4) is 16.9 Å². The van der Waals surface area contributed by atoms with E-state index in [2.05, 4.69) is 42.2 Å². The molecular formula is C18H10Br2N2O2S. The van der Waals surface area contributed by atoms with Gasteiger partial charge in [-0.3, -0.25) is 4.79 Å². The highest BCUT2D eigenvalue weighted by Crippen LogP contribution is 2.37. The number of amides is 1. The number of benzene rings is 1. The van der Waals surface area contributed by atoms with Gasteiger partial charge in [0.25, 0.3) is 5.91 Å². The summed E-state index contributed by atoms with van der Waals surface area (Å²) < 4.78 is 1.11. The van der Waals surface area contributed by atoms with Gasteiger partial charge < -0.3 is 10.4 Å². The van der Waals surface area contributed by atoms with E-state index in [1.807, 2.05) is 22.9 Å². The molecule has 1 aromatic carbocycles. The van der Waals surface area contributed by atoms with Crippen molar-refractivity contribution in [2.24, 2.45) is 0 Å². The number of nitrogens with one attached hydrogen (secondary N) is 1. The summed E-state index contributed by atoms with van der Waals surface area (Å²) >= 11 is 8.24. The Labute approximate surface area is 164 Å². The highest BCUT2D eigenvalue weighted by molar-refractivity contribution is 9.11. The minimum absolute atomic E-state index is 0.125. The molecule has 1 aliphatic heterocycles. The monoisotopic (exact) mass is 476 g/mol. The molecule has 0 aliphatic carbocycles. The summed E-state index contributed by atoms with van der Waals surface area (Å²) in [6.45, 7) is 0. The SMILES string of the molecule is O=C1Nc2ncc(-c3ccsc3)cc2/C1=C\c1cc(Br)c(O)c(Br)c1. The van der Waals surface area contributed by atoms with Gasteiger partial charge in [-0.25, -0.2) is 4.98 Å². The van der Waals surface area contributed by atoms with Crippen LogP contribution in [0.2, 0.25) is 0 Å². The average molecular weight is 478 g/mol. The Hall–Kier alpha value is -1.96. The van der Waals surface area contributed by atoms with Gasteiger partial charge in [-0.1, -0.05) is 0 Å². The molecule has 124 valence electrons. The second-order valence-corrected chi connectivity index (χ2v) is 7.97. The van der Waals surface area contributed by atoms with Crippen molar-refractivity contribution < 1.29 is 9.90 Å². The molecule has 25 heavy (non-hydrogen) atoms. The molecule has 1 amide bonds. The van der Waals surface area contributed by atoms with Gasteiger partial charge in [0.15, 0.2) is 0 Å². The highest BCUT2D eigenvalue weighted by atomic mass is 79.9. The minimum Gasteiger partial charge on any atom is -0.506 e. The van der Waals surface area contributed by atoms with Crippen LogP contribution in [0, 0.1) is 0 Å². The van der Waals surface area contributed by atoms with Crippen molar-refractivity contribution in [3.63, 3.8) is 0 Å². The fourth-order valence-corrected chi connectivity index (χ4v) is 4.52. The van der Waals surface area contributed by atoms with E-state index in [1.54, 1.807) is 35.7 Å². The number of rotatable bonds is 2. The number of thiophene rings is 1. The summed E-state index contributed by atoms with van der Waals surface area (Å²) in [5.41, 5.74) is 4.15. The van der Waals surface area contributed by atoms with Gasteiger partial charge in [0.2, 0.25) is 0 Å². The molecule has 0 saturated carbocycles. The topological polar surface area (TPSA) is 62.2 Å². The Morgan fingerprint density at radius 1 is 1.16 bits per heavy atom. The Morgan fingerprint density at radius 2 is 1.92 bits per heavy atom. The van der Waals surface area contributed by atoms with Crippen molar-refractivity contribution >= 4 is 66.6 Å². The van der Waals surface area contributed by atoms with Crippen LogP contribution in [-0.4, -0.2) is 16.0 Å². The molecule has 0 bridgehead atoms. The van der Waals surface area contributed by atoms with Crippen LogP contribution in [0.1, 0.15) is 11.1 Å². The number of hydrogen-bond acceptors (Lipinski definition) is 4. The maximum Gasteiger partial charge on any atom is 0.257 e. The van der Waals surface area contributed by atoms with Crippen molar-refractivity contribution in [1.82, 2.24) is 4.98 Å². The van der Waals surface area contributed by atoms with E-state index >= 15 is 0 Å². The Kier molecular flexibility index (Phi) is 4.23. The predicted molar refractivity (Wildman–Crippen MR) is 108 cm³/mol. The molecular weight excluding hydrogens is 468 g/mol. The average Bonchev–Trinajstić information content (AvgIpc) is 3.21. The number of halogens is 2. The van der Waals surface area contributed by atoms with E-state index in [1.165, 1.54) is 0 Å². The summed E-state index contributed by atoms with van der Waals surface area (Å²) in [7, 11) is 0. The highest BCUT2D eigenvalue weighted by Gasteiger charge is 2.26. The third-order valence-corrected chi connectivity index (χ3v) is 5.75. The predicted octanol–water partition coefficient (Wildman–Crippen LogP) is 5.53. The molecule has 0 saturated heterocycles. The van der Waals surface area contributed by atoms with Gasteiger partial charge in [0, 0.05) is 17.3 Å². The molecule has 4 rings (SSSR count). The van der Waals surface area contributed by atoms with Crippen molar-refractivity contribution in [1.29, 1.82) is 0 Å². The molecule has 2 aromatic heterocycles. The largest absolute Gasteiger partial charge is 0.506 e. The fraction of sp³-hybridized carbons (Fsp3) is 0. The standard InChI is InChI=1S/C18H10Br2N2O2S/c19-14-4-9(5-15(20)16(14)23)3-13-12-6-11(10-1-2-25-8-10)7-21-17(12)22-18(13)24/h1-8,23H,(H,21,22,24)/b13-3+. The van der Waals surface area contributed by atoms with Crippen LogP contribution in [-0.2, 0) is 4.79 Å². The van der Waals surface area contributed by atoms with Crippen LogP contribution in [0.5, 0.6) is 5.75 Å². The van der Waals surface area contributed by atoms with E-state index < -0.39 is 0 Å². The lowest BCUT2D eigenvalue weighted by atomic mass is 10.0. The molecule has 0 unspecified atom stereocenters. The van der Waals surface area contributed by atoms with Gasteiger partial charge in [0.1, 0.15) is 11.6 Å². The number of phenolic OH excluding ortho intramolecular Hbond substituents is 1. The number of carbonyl (C=O) groups excluding carboxylic acids is 1. The quantitative estimate of drug-likeness (QED) is 0.476. The summed E-state index contributed by atoms with van der Waals surface area (Å²) in [6.07, 6.45) is 3.55. The molecule has 3 heterocycles. The third kappa shape index (κ3) is 3.03. The maximum atomic E-state index is 12.4. The molecule has 0 radical (unpaired) electrons. The number of aromatic hydroxyl groups is 1. The number of fused-ring (bicyclic) bond motifs is 1. The van der Waals surface area contributed by atoms with Gasteiger partial charge >= 0.3 is 0 Å². The first-order valence-electron chi connectivity index (χ1n) is 7.27. The van der Waals surface area contributed by atoms with E-state index in [9.17, 15) is 9.90 Å². The van der Waals surface area contributed by atoms with Crippen LogP contribution in [0.4, 0.5) is 5.82 Å². The Bertz CT molecular complexity index is 1010. The number of hydrogen-bond donors (Lipinski definition) is 2. The third-order valence-electron chi connectivity index (χ3n) is 3.86. The van der Waals surface area contributed by atoms with Gasteiger partial charge in [-0.2, -0.15) is 11.3 Å². The van der Waals surface area contributed by atoms with Crippen molar-refractivity contribution in [2.75, 3.05) is 5.32 Å². The summed E-state index contributed by atoms with van der Waals surface area (Å²) in [4.78, 5) is 16.8. The molecule has 4 nitrogen and oxygen atoms in total. The first kappa shape index (κ1) is 16.5. The number of pyridine rings is 1. The summed E-state index contributed by atoms with van der Waals surface area (Å²) in [5, 5.41) is 16.7. The fourth-order valence-electron chi connectivity index (χ4n) is 2.63. The second-order valence-electron chi connectivity index (χ2n) is 5.48. The number of carbonyl (C=O) groups is 1. The van der Waals surface area contributed by atoms with Gasteiger partial charge in [-0.05, 0) is 84.1 Å². The molecule has 0 fully saturated rings. The molecule has 0 spiro atoms. The van der Waals surface area contributed by atoms with Gasteiger partial charge in [0.05, 0.1) is 14.5 Å². The second kappa shape index (κ2) is 6.40. The lowest BCUT2D eigenvalue weighted by Gasteiger charge is -2.04. The summed E-state index contributed by atoms with van der Waals surface area (Å²) in [6, 6.07) is 7.51. The number of nitrogens with zero attached hydrogens (tertiary/aromatic N) is 1. The van der Waals surface area contributed by atoms with E-state index in [0.717, 1.165) is 22.3 Å². The van der Waals surface area contributed by atoms with Crippen LogP contribution < -0.4 is 5.32 Å². The van der Waals surface area contributed by atoms with E-state index in [0.29, 0.717) is 20.3 Å². The number of anilines is 1. The molecule has 3 aromatic rings. The number of phenols is 1. The van der Waals surface area contributed by atoms with Crippen LogP contribution in [0.3, 0.4) is 0 Å². The Balaban J connectivity index is 1.82. The van der Waals surface area contributed by atoms with E-state index in [-0.39, 0.29) is 11.7 Å². The zero-order valence-corrected chi connectivity index (χ0v) is 16.6. The van der Waals surface area contributed by atoms with Crippen molar-refractivity contribution in [2.45, 2.75) is 0 Å². The normalized spacial score (nSPS) is 14.6. The molecule has 7 heteroatoms. The first-order chi connectivity index (χ1) is 12.0. The maximum absolute atomic E-state index is 12.4. The molecule has 1 aliphatic rings. The Morgan fingerprint density at radius 3 is 2.60 bits per heavy atom. The number of aromatic nitrogens is 1. The van der Waals surface area contributed by atoms with Crippen LogP contribution in [0.25, 0.3) is 22.8 Å². The zero-order valence-electron chi connectivity index (χ0n) is 12.6. The van der Waals surface area contributed by atoms with Crippen molar-refractivity contribution in [3.05, 3.63) is 61.3 Å². The minimum atomic E-state index is -0.190. The van der Waals surface area contributed by atoms with Crippen LogP contribution in [0.15, 0.2) is 50.2 Å². The lowest BCUT2D eigenvalue weighted by Crippen LogP contribution is -2.04. The zero-order chi connectivity index (χ0) is 17.6. The van der Waals surface area contributed by atoms with Gasteiger partial charge in [-0.15, -0.1) is 0 Å². The van der Waals surface area contributed by atoms with Crippen LogP contribution >= 0.6 is 43.2 Å². The first-order valence-corrected chi connectivity index (χ1v) is 9.80. The van der Waals surface area contributed by atoms with E-state index in [4.69, 9.17) is 0 Å². The smallest absolute Gasteiger partial charge is 0.257 e. The lowest BCUT2D eigenvalue weighted by molar-refractivity contribution is -0.110. The molecule has 0 atom stereocenters.